The van der Waals surface area contributed by atoms with E-state index in [1.54, 1.807) is 24.6 Å². The Kier molecular flexibility index (Phi) is 4.34. The number of carboxylic acid groups (broad SMARTS) is 1. The van der Waals surface area contributed by atoms with E-state index in [4.69, 9.17) is 9.39 Å². The maximum absolute atomic E-state index is 11.4. The number of hydrogen-bond acceptors (Lipinski definition) is 7. The average Bonchev–Trinajstić information content (AvgIpc) is 3.09. The van der Waals surface area contributed by atoms with Gasteiger partial charge in [0.15, 0.2) is 0 Å². The molecule has 0 radical (unpaired) electrons. The van der Waals surface area contributed by atoms with Crippen LogP contribution in [0.5, 0.6) is 10.9 Å². The van der Waals surface area contributed by atoms with Gasteiger partial charge in [-0.2, -0.15) is 0 Å². The first kappa shape index (κ1) is 15.9. The molecule has 0 saturated heterocycles. The molecule has 0 bridgehead atoms. The highest BCUT2D eigenvalue weighted by atomic mass is 32.1. The van der Waals surface area contributed by atoms with Crippen LogP contribution in [0.15, 0.2) is 17.6 Å². The van der Waals surface area contributed by atoms with E-state index in [0.29, 0.717) is 22.8 Å². The minimum absolute atomic E-state index is 0.395. The summed E-state index contributed by atoms with van der Waals surface area (Å²) in [6.45, 7) is 3.63. The molecule has 1 aliphatic rings. The summed E-state index contributed by atoms with van der Waals surface area (Å²) in [6.07, 6.45) is -0.257. The van der Waals surface area contributed by atoms with E-state index in [9.17, 15) is 14.9 Å². The van der Waals surface area contributed by atoms with Gasteiger partial charge in [-0.3, -0.25) is 4.79 Å². The number of aliphatic carboxylic acids is 1. The predicted molar refractivity (Wildman–Crippen MR) is 84.0 cm³/mol. The van der Waals surface area contributed by atoms with Gasteiger partial charge >= 0.3 is 13.1 Å². The highest BCUT2D eigenvalue weighted by Gasteiger charge is 2.42. The Morgan fingerprint density at radius 2 is 2.35 bits per heavy atom. The number of carbonyl (C=O) groups is 1. The van der Waals surface area contributed by atoms with Crippen LogP contribution in [0.4, 0.5) is 0 Å². The Hall–Kier alpha value is -1.97. The third-order valence-corrected chi connectivity index (χ3v) is 4.45. The molecule has 23 heavy (non-hydrogen) atoms. The molecule has 1 aromatic carbocycles. The van der Waals surface area contributed by atoms with Crippen molar-refractivity contribution in [3.63, 3.8) is 0 Å². The monoisotopic (exact) mass is 334 g/mol. The van der Waals surface area contributed by atoms with Gasteiger partial charge in [-0.05, 0) is 42.1 Å². The zero-order valence-electron chi connectivity index (χ0n) is 12.6. The number of hydrogen-bond donors (Lipinski definition) is 2. The van der Waals surface area contributed by atoms with Crippen molar-refractivity contribution in [1.82, 2.24) is 10.2 Å². The van der Waals surface area contributed by atoms with Crippen LogP contribution in [0.25, 0.3) is 0 Å². The SMILES string of the molecule is CC[C@@H](C(=O)O)C1OB(O)c2cc(Oc3nncs3)cc(C)c21. The lowest BCUT2D eigenvalue weighted by Crippen LogP contribution is -2.28. The van der Waals surface area contributed by atoms with Gasteiger partial charge in [0, 0.05) is 0 Å². The number of ether oxygens (including phenoxy) is 1. The van der Waals surface area contributed by atoms with Crippen LogP contribution in [-0.4, -0.2) is 33.4 Å². The van der Waals surface area contributed by atoms with E-state index in [2.05, 4.69) is 10.2 Å². The minimum Gasteiger partial charge on any atom is -0.481 e. The molecule has 2 aromatic rings. The molecular weight excluding hydrogens is 319 g/mol. The Bertz CT molecular complexity index is 724. The molecule has 2 atom stereocenters. The normalized spacial score (nSPS) is 17.9. The molecule has 0 fully saturated rings. The lowest BCUT2D eigenvalue weighted by Gasteiger charge is -2.21. The molecule has 2 heterocycles. The number of aromatic nitrogens is 2. The first-order chi connectivity index (χ1) is 11.0. The summed E-state index contributed by atoms with van der Waals surface area (Å²) in [5, 5.41) is 27.4. The van der Waals surface area contributed by atoms with Crippen LogP contribution in [0.1, 0.15) is 30.6 Å². The molecule has 0 spiro atoms. The van der Waals surface area contributed by atoms with E-state index < -0.39 is 25.1 Å². The Labute approximate surface area is 137 Å². The van der Waals surface area contributed by atoms with Crippen LogP contribution < -0.4 is 10.2 Å². The minimum atomic E-state index is -1.17. The van der Waals surface area contributed by atoms with Crippen LogP contribution in [0.2, 0.25) is 0 Å². The predicted octanol–water partition coefficient (Wildman–Crippen LogP) is 1.51. The highest BCUT2D eigenvalue weighted by molar-refractivity contribution is 7.11. The van der Waals surface area contributed by atoms with Crippen LogP contribution in [0, 0.1) is 12.8 Å². The second-order valence-corrected chi connectivity index (χ2v) is 6.11. The van der Waals surface area contributed by atoms with E-state index in [1.807, 2.05) is 6.92 Å². The molecule has 1 aromatic heterocycles. The Morgan fingerprint density at radius 1 is 1.57 bits per heavy atom. The summed E-state index contributed by atoms with van der Waals surface area (Å²) >= 11 is 1.25. The average molecular weight is 334 g/mol. The van der Waals surface area contributed by atoms with Crippen molar-refractivity contribution in [3.8, 4) is 10.9 Å². The van der Waals surface area contributed by atoms with Crippen LogP contribution in [-0.2, 0) is 9.45 Å². The molecule has 0 saturated carbocycles. The summed E-state index contributed by atoms with van der Waals surface area (Å²) in [6, 6.07) is 3.44. The quantitative estimate of drug-likeness (QED) is 0.799. The van der Waals surface area contributed by atoms with Crippen molar-refractivity contribution in [2.45, 2.75) is 26.4 Å². The third kappa shape index (κ3) is 2.95. The zero-order chi connectivity index (χ0) is 16.6. The first-order valence-electron chi connectivity index (χ1n) is 7.16. The molecule has 9 heteroatoms. The number of fused-ring (bicyclic) bond motifs is 1. The van der Waals surface area contributed by atoms with Gasteiger partial charge in [0.25, 0.3) is 5.19 Å². The molecular formula is C14H15BN2O5S. The molecule has 0 amide bonds. The second-order valence-electron chi connectivity index (χ2n) is 5.31. The van der Waals surface area contributed by atoms with Crippen molar-refractivity contribution in [3.05, 3.63) is 28.8 Å². The highest BCUT2D eigenvalue weighted by Crippen LogP contribution is 2.37. The molecule has 7 nitrogen and oxygen atoms in total. The molecule has 0 aliphatic carbocycles. The van der Waals surface area contributed by atoms with E-state index >= 15 is 0 Å². The summed E-state index contributed by atoms with van der Waals surface area (Å²) in [5.74, 6) is -1.14. The zero-order valence-corrected chi connectivity index (χ0v) is 13.4. The van der Waals surface area contributed by atoms with Crippen molar-refractivity contribution in [2.75, 3.05) is 0 Å². The maximum atomic E-state index is 11.4. The lowest BCUT2D eigenvalue weighted by atomic mass is 9.77. The topological polar surface area (TPSA) is 102 Å². The van der Waals surface area contributed by atoms with Gasteiger partial charge in [0.1, 0.15) is 11.3 Å². The fourth-order valence-corrected chi connectivity index (χ4v) is 3.27. The smallest absolute Gasteiger partial charge is 0.481 e. The maximum Gasteiger partial charge on any atom is 0.492 e. The van der Waals surface area contributed by atoms with Gasteiger partial charge in [-0.15, -0.1) is 5.10 Å². The second kappa shape index (κ2) is 6.27. The summed E-state index contributed by atoms with van der Waals surface area (Å²) in [7, 11) is -1.17. The van der Waals surface area contributed by atoms with Crippen molar-refractivity contribution in [1.29, 1.82) is 0 Å². The number of aryl methyl sites for hydroxylation is 1. The van der Waals surface area contributed by atoms with Crippen molar-refractivity contribution < 1.29 is 24.3 Å². The summed E-state index contributed by atoms with van der Waals surface area (Å²) < 4.78 is 11.1. The van der Waals surface area contributed by atoms with E-state index in [-0.39, 0.29) is 0 Å². The van der Waals surface area contributed by atoms with Gasteiger partial charge in [-0.25, -0.2) is 0 Å². The summed E-state index contributed by atoms with van der Waals surface area (Å²) in [4.78, 5) is 11.4. The molecule has 1 unspecified atom stereocenters. The Morgan fingerprint density at radius 3 is 2.96 bits per heavy atom. The number of nitrogens with zero attached hydrogens (tertiary/aromatic N) is 2. The van der Waals surface area contributed by atoms with Crippen molar-refractivity contribution >= 4 is 29.9 Å². The first-order valence-corrected chi connectivity index (χ1v) is 8.04. The third-order valence-electron chi connectivity index (χ3n) is 3.89. The van der Waals surface area contributed by atoms with Gasteiger partial charge in [-0.1, -0.05) is 23.4 Å². The standard InChI is InChI=1S/C14H15BN2O5S/c1-3-9(13(18)19)12-11-7(2)4-8(5-10(11)15(20)22-12)21-14-17-16-6-23-14/h4-6,9,12,20H,3H2,1-2H3,(H,18,19)/t9-,12?/m1/s1. The van der Waals surface area contributed by atoms with E-state index in [1.165, 1.54) is 11.3 Å². The van der Waals surface area contributed by atoms with Gasteiger partial charge in [0.2, 0.25) is 0 Å². The number of benzene rings is 1. The molecule has 120 valence electrons. The Balaban J connectivity index is 1.97. The fraction of sp³-hybridized carbons (Fsp3) is 0.357. The molecule has 2 N–H and O–H groups in total. The fourth-order valence-electron chi connectivity index (χ4n) is 2.85. The number of rotatable bonds is 5. The lowest BCUT2D eigenvalue weighted by molar-refractivity contribution is -0.145. The molecule has 1 aliphatic heterocycles. The largest absolute Gasteiger partial charge is 0.492 e. The van der Waals surface area contributed by atoms with E-state index in [0.717, 1.165) is 11.1 Å². The molecule has 3 rings (SSSR count). The van der Waals surface area contributed by atoms with Crippen LogP contribution in [0.3, 0.4) is 0 Å². The van der Waals surface area contributed by atoms with Crippen molar-refractivity contribution in [2.24, 2.45) is 5.92 Å². The van der Waals surface area contributed by atoms with Crippen LogP contribution >= 0.6 is 11.3 Å². The van der Waals surface area contributed by atoms with Gasteiger partial charge in [0.05, 0.1) is 12.0 Å². The number of carboxylic acids is 1. The van der Waals surface area contributed by atoms with Gasteiger partial charge < -0.3 is 19.5 Å². The summed E-state index contributed by atoms with van der Waals surface area (Å²) in [5.41, 5.74) is 3.62.